The SMILES string of the molecule is CC(C)[C@@H](N)CN1CCSCC1. The molecular formula is C9H20N2S. The van der Waals surface area contributed by atoms with Gasteiger partial charge in [-0.25, -0.2) is 0 Å². The molecule has 1 aliphatic rings. The molecule has 0 spiro atoms. The van der Waals surface area contributed by atoms with E-state index < -0.39 is 0 Å². The molecule has 0 bridgehead atoms. The standard InChI is InChI=1S/C9H20N2S/c1-8(2)9(10)7-11-3-5-12-6-4-11/h8-9H,3-7,10H2,1-2H3/t9-/m0/s1. The second-order valence-electron chi connectivity index (χ2n) is 3.82. The third-order valence-corrected chi connectivity index (χ3v) is 3.37. The molecule has 0 saturated carbocycles. The summed E-state index contributed by atoms with van der Waals surface area (Å²) in [6, 6.07) is 0.355. The number of nitrogens with zero attached hydrogens (tertiary/aromatic N) is 1. The maximum Gasteiger partial charge on any atom is 0.0191 e. The molecule has 0 amide bonds. The molecule has 0 aliphatic carbocycles. The summed E-state index contributed by atoms with van der Waals surface area (Å²) in [6.07, 6.45) is 0. The van der Waals surface area contributed by atoms with Crippen molar-refractivity contribution >= 4 is 11.8 Å². The van der Waals surface area contributed by atoms with E-state index in [9.17, 15) is 0 Å². The van der Waals surface area contributed by atoms with Gasteiger partial charge in [-0.3, -0.25) is 0 Å². The Morgan fingerprint density at radius 2 is 1.92 bits per heavy atom. The summed E-state index contributed by atoms with van der Waals surface area (Å²) in [6.45, 7) is 7.93. The molecule has 0 aromatic carbocycles. The van der Waals surface area contributed by atoms with E-state index in [1.54, 1.807) is 0 Å². The van der Waals surface area contributed by atoms with Crippen LogP contribution in [0.4, 0.5) is 0 Å². The van der Waals surface area contributed by atoms with E-state index in [0.29, 0.717) is 12.0 Å². The molecule has 1 rings (SSSR count). The van der Waals surface area contributed by atoms with Gasteiger partial charge < -0.3 is 10.6 Å². The molecule has 1 saturated heterocycles. The van der Waals surface area contributed by atoms with Crippen LogP contribution < -0.4 is 5.73 Å². The van der Waals surface area contributed by atoms with Gasteiger partial charge in [0.15, 0.2) is 0 Å². The third kappa shape index (κ3) is 3.33. The third-order valence-electron chi connectivity index (χ3n) is 2.43. The molecule has 12 heavy (non-hydrogen) atoms. The van der Waals surface area contributed by atoms with Crippen molar-refractivity contribution in [1.29, 1.82) is 0 Å². The Hall–Kier alpha value is 0.270. The highest BCUT2D eigenvalue weighted by Gasteiger charge is 2.15. The predicted octanol–water partition coefficient (Wildman–Crippen LogP) is 1.02. The van der Waals surface area contributed by atoms with Crippen LogP contribution in [0.5, 0.6) is 0 Å². The Labute approximate surface area is 79.9 Å². The fourth-order valence-corrected chi connectivity index (χ4v) is 2.27. The number of nitrogens with two attached hydrogens (primary N) is 1. The fraction of sp³-hybridized carbons (Fsp3) is 1.00. The smallest absolute Gasteiger partial charge is 0.0191 e. The largest absolute Gasteiger partial charge is 0.326 e. The molecule has 1 heterocycles. The number of rotatable bonds is 3. The predicted molar refractivity (Wildman–Crippen MR) is 56.6 cm³/mol. The lowest BCUT2D eigenvalue weighted by molar-refractivity contribution is 0.259. The van der Waals surface area contributed by atoms with E-state index in [2.05, 4.69) is 30.5 Å². The Morgan fingerprint density at radius 3 is 2.42 bits per heavy atom. The van der Waals surface area contributed by atoms with Crippen LogP contribution in [-0.2, 0) is 0 Å². The Kier molecular flexibility index (Phi) is 4.40. The van der Waals surface area contributed by atoms with Gasteiger partial charge in [0.05, 0.1) is 0 Å². The van der Waals surface area contributed by atoms with Gasteiger partial charge in [-0.05, 0) is 5.92 Å². The minimum absolute atomic E-state index is 0.355. The lowest BCUT2D eigenvalue weighted by Gasteiger charge is -2.29. The van der Waals surface area contributed by atoms with Crippen LogP contribution in [0.2, 0.25) is 0 Å². The lowest BCUT2D eigenvalue weighted by atomic mass is 10.1. The molecule has 2 N–H and O–H groups in total. The first kappa shape index (κ1) is 10.4. The highest BCUT2D eigenvalue weighted by atomic mass is 32.2. The molecule has 0 radical (unpaired) electrons. The first-order chi connectivity index (χ1) is 5.70. The molecule has 0 aromatic rings. The molecule has 1 fully saturated rings. The van der Waals surface area contributed by atoms with Crippen LogP contribution in [0.3, 0.4) is 0 Å². The van der Waals surface area contributed by atoms with Crippen molar-refractivity contribution in [2.24, 2.45) is 11.7 Å². The summed E-state index contributed by atoms with van der Waals surface area (Å²) < 4.78 is 0. The van der Waals surface area contributed by atoms with Crippen molar-refractivity contribution < 1.29 is 0 Å². The summed E-state index contributed by atoms with van der Waals surface area (Å²) in [5, 5.41) is 0. The average molecular weight is 188 g/mol. The van der Waals surface area contributed by atoms with Crippen LogP contribution in [0.1, 0.15) is 13.8 Å². The van der Waals surface area contributed by atoms with E-state index in [0.717, 1.165) is 6.54 Å². The van der Waals surface area contributed by atoms with E-state index in [-0.39, 0.29) is 0 Å². The second kappa shape index (κ2) is 5.10. The molecule has 3 heteroatoms. The molecule has 0 aromatic heterocycles. The lowest BCUT2D eigenvalue weighted by Crippen LogP contribution is -2.44. The van der Waals surface area contributed by atoms with Crippen LogP contribution >= 0.6 is 11.8 Å². The van der Waals surface area contributed by atoms with E-state index in [1.807, 2.05) is 0 Å². The van der Waals surface area contributed by atoms with Crippen molar-refractivity contribution in [1.82, 2.24) is 4.90 Å². The quantitative estimate of drug-likeness (QED) is 0.717. The maximum atomic E-state index is 6.00. The van der Waals surface area contributed by atoms with Gasteiger partial charge in [-0.1, -0.05) is 13.8 Å². The zero-order valence-corrected chi connectivity index (χ0v) is 8.94. The number of hydrogen-bond acceptors (Lipinski definition) is 3. The van der Waals surface area contributed by atoms with Crippen LogP contribution in [0.15, 0.2) is 0 Å². The first-order valence-corrected chi connectivity index (χ1v) is 5.91. The average Bonchev–Trinajstić information content (AvgIpc) is 2.06. The highest BCUT2D eigenvalue weighted by molar-refractivity contribution is 7.99. The van der Waals surface area contributed by atoms with Gasteiger partial charge in [-0.15, -0.1) is 0 Å². The summed E-state index contributed by atoms with van der Waals surface area (Å²) in [7, 11) is 0. The summed E-state index contributed by atoms with van der Waals surface area (Å²) in [4.78, 5) is 2.49. The van der Waals surface area contributed by atoms with Crippen molar-refractivity contribution in [2.75, 3.05) is 31.1 Å². The molecular weight excluding hydrogens is 168 g/mol. The molecule has 2 nitrogen and oxygen atoms in total. The zero-order chi connectivity index (χ0) is 8.97. The van der Waals surface area contributed by atoms with Crippen LogP contribution in [0.25, 0.3) is 0 Å². The minimum Gasteiger partial charge on any atom is -0.326 e. The van der Waals surface area contributed by atoms with Crippen molar-refractivity contribution in [3.05, 3.63) is 0 Å². The van der Waals surface area contributed by atoms with Crippen molar-refractivity contribution in [3.8, 4) is 0 Å². The maximum absolute atomic E-state index is 6.00. The summed E-state index contributed by atoms with van der Waals surface area (Å²) in [5.74, 6) is 3.18. The Bertz CT molecular complexity index is 122. The van der Waals surface area contributed by atoms with E-state index in [1.165, 1.54) is 24.6 Å². The van der Waals surface area contributed by atoms with Crippen molar-refractivity contribution in [2.45, 2.75) is 19.9 Å². The molecule has 0 unspecified atom stereocenters. The number of hydrogen-bond donors (Lipinski definition) is 1. The second-order valence-corrected chi connectivity index (χ2v) is 5.05. The summed E-state index contributed by atoms with van der Waals surface area (Å²) >= 11 is 2.05. The van der Waals surface area contributed by atoms with Crippen molar-refractivity contribution in [3.63, 3.8) is 0 Å². The molecule has 1 atom stereocenters. The highest BCUT2D eigenvalue weighted by Crippen LogP contribution is 2.10. The van der Waals surface area contributed by atoms with E-state index in [4.69, 9.17) is 5.73 Å². The normalized spacial score (nSPS) is 23.0. The zero-order valence-electron chi connectivity index (χ0n) is 8.12. The van der Waals surface area contributed by atoms with Gasteiger partial charge in [-0.2, -0.15) is 11.8 Å². The van der Waals surface area contributed by atoms with Crippen LogP contribution in [0, 0.1) is 5.92 Å². The topological polar surface area (TPSA) is 29.3 Å². The molecule has 72 valence electrons. The monoisotopic (exact) mass is 188 g/mol. The first-order valence-electron chi connectivity index (χ1n) is 4.76. The Balaban J connectivity index is 2.20. The molecule has 1 aliphatic heterocycles. The van der Waals surface area contributed by atoms with E-state index >= 15 is 0 Å². The minimum atomic E-state index is 0.355. The Morgan fingerprint density at radius 1 is 1.33 bits per heavy atom. The van der Waals surface area contributed by atoms with Crippen LogP contribution in [-0.4, -0.2) is 42.1 Å². The van der Waals surface area contributed by atoms with Gasteiger partial charge >= 0.3 is 0 Å². The number of thioether (sulfide) groups is 1. The van der Waals surface area contributed by atoms with Gasteiger partial charge in [0, 0.05) is 37.2 Å². The van der Waals surface area contributed by atoms with Gasteiger partial charge in [0.1, 0.15) is 0 Å². The summed E-state index contributed by atoms with van der Waals surface area (Å²) in [5.41, 5.74) is 6.00. The van der Waals surface area contributed by atoms with Gasteiger partial charge in [0.2, 0.25) is 0 Å². The fourth-order valence-electron chi connectivity index (χ4n) is 1.29. The van der Waals surface area contributed by atoms with Gasteiger partial charge in [0.25, 0.3) is 0 Å².